The van der Waals surface area contributed by atoms with Gasteiger partial charge in [-0.25, -0.2) is 21.6 Å². The van der Waals surface area contributed by atoms with Gasteiger partial charge in [0.05, 0.1) is 15.4 Å². The molecule has 0 aliphatic rings. The highest BCUT2D eigenvalue weighted by molar-refractivity contribution is 7.89. The Bertz CT molecular complexity index is 1520. The smallest absolute Gasteiger partial charge is 0.335 e. The van der Waals surface area contributed by atoms with Gasteiger partial charge >= 0.3 is 5.97 Å². The first-order chi connectivity index (χ1) is 27.3. The summed E-state index contributed by atoms with van der Waals surface area (Å²) in [7, 11) is -7.03. The normalized spacial score (nSPS) is 11.5. The number of carboxylic acid groups (broad SMARTS) is 1. The van der Waals surface area contributed by atoms with Gasteiger partial charge in [0, 0.05) is 38.3 Å². The number of aromatic carboxylic acids is 1. The highest BCUT2D eigenvalue weighted by atomic mass is 32.2. The van der Waals surface area contributed by atoms with E-state index in [2.05, 4.69) is 19.2 Å². The number of nitrogens with zero attached hydrogens (tertiary/aromatic N) is 2. The van der Waals surface area contributed by atoms with E-state index in [1.54, 1.807) is 12.1 Å². The quantitative estimate of drug-likeness (QED) is 0.0681. The van der Waals surface area contributed by atoms with Crippen LogP contribution in [0, 0.1) is 0 Å². The van der Waals surface area contributed by atoms with Gasteiger partial charge in [0.15, 0.2) is 0 Å². The van der Waals surface area contributed by atoms with E-state index in [1.165, 1.54) is 122 Å². The number of hydrogen-bond donors (Lipinski definition) is 3. The highest BCUT2D eigenvalue weighted by Gasteiger charge is 2.24. The Morgan fingerprint density at radius 1 is 0.509 bits per heavy atom. The van der Waals surface area contributed by atoms with E-state index < -0.39 is 26.0 Å². The first-order valence-electron chi connectivity index (χ1n) is 21.7. The summed E-state index contributed by atoms with van der Waals surface area (Å²) in [5.41, 5.74) is 5.95. The average molecular weight is 839 g/mol. The SMILES string of the molecule is CCCCCCCCCN.CCCCCCCCCNC(=O)c1ccc(S(=O)(=O)N(CCC)CCC)cc1.CCCN(CCC)S(=O)(=O)c1ccc(C(=O)O)cc1. The maximum Gasteiger partial charge on any atom is 0.335 e. The third kappa shape index (κ3) is 22.8. The number of carbonyl (C=O) groups excluding carboxylic acids is 1. The summed E-state index contributed by atoms with van der Waals surface area (Å²) < 4.78 is 53.2. The summed E-state index contributed by atoms with van der Waals surface area (Å²) >= 11 is 0. The maximum absolute atomic E-state index is 12.8. The van der Waals surface area contributed by atoms with Gasteiger partial charge in [-0.05, 0) is 93.6 Å². The van der Waals surface area contributed by atoms with Crippen molar-refractivity contribution in [3.63, 3.8) is 0 Å². The Balaban J connectivity index is 0.000000928. The van der Waals surface area contributed by atoms with Gasteiger partial charge < -0.3 is 16.2 Å². The van der Waals surface area contributed by atoms with Crippen molar-refractivity contribution in [2.45, 2.75) is 167 Å². The predicted octanol–water partition coefficient (Wildman–Crippen LogP) is 9.87. The molecule has 328 valence electrons. The summed E-state index contributed by atoms with van der Waals surface area (Å²) in [5.74, 6) is -1.21. The van der Waals surface area contributed by atoms with Crippen LogP contribution in [0.4, 0.5) is 0 Å². The second-order valence-corrected chi connectivity index (χ2v) is 18.3. The van der Waals surface area contributed by atoms with Crippen molar-refractivity contribution in [3.05, 3.63) is 59.7 Å². The summed E-state index contributed by atoms with van der Waals surface area (Å²) in [6.45, 7) is 15.7. The lowest BCUT2D eigenvalue weighted by atomic mass is 10.1. The van der Waals surface area contributed by atoms with Crippen molar-refractivity contribution >= 4 is 31.9 Å². The van der Waals surface area contributed by atoms with Gasteiger partial charge in [-0.3, -0.25) is 4.79 Å². The third-order valence-electron chi connectivity index (χ3n) is 9.26. The molecule has 0 unspecified atom stereocenters. The topological polar surface area (TPSA) is 167 Å². The minimum atomic E-state index is -3.53. The molecule has 0 spiro atoms. The van der Waals surface area contributed by atoms with Gasteiger partial charge in [-0.15, -0.1) is 0 Å². The van der Waals surface area contributed by atoms with Crippen LogP contribution in [0.2, 0.25) is 0 Å². The maximum atomic E-state index is 12.8. The van der Waals surface area contributed by atoms with Crippen LogP contribution in [0.1, 0.15) is 178 Å². The number of sulfonamides is 2. The molecule has 2 aromatic rings. The van der Waals surface area contributed by atoms with Crippen LogP contribution >= 0.6 is 0 Å². The largest absolute Gasteiger partial charge is 0.478 e. The highest BCUT2D eigenvalue weighted by Crippen LogP contribution is 2.19. The molecular formula is C44H78N4O7S2. The molecule has 0 fully saturated rings. The number of carbonyl (C=O) groups is 2. The number of amides is 1. The average Bonchev–Trinajstić information content (AvgIpc) is 3.20. The van der Waals surface area contributed by atoms with Crippen LogP contribution in [-0.4, -0.2) is 81.7 Å². The minimum absolute atomic E-state index is 0.0801. The van der Waals surface area contributed by atoms with Crippen molar-refractivity contribution in [2.24, 2.45) is 5.73 Å². The van der Waals surface area contributed by atoms with Crippen molar-refractivity contribution in [1.82, 2.24) is 13.9 Å². The van der Waals surface area contributed by atoms with E-state index in [4.69, 9.17) is 10.8 Å². The molecule has 0 saturated heterocycles. The van der Waals surface area contributed by atoms with Gasteiger partial charge in [0.25, 0.3) is 5.91 Å². The standard InChI is InChI=1S/C22H38N2O3S.C13H19NO4S.C9H21N/c1-4-7-8-9-10-11-12-17-23-22(25)20-13-15-21(16-14-20)28(26,27)24(18-5-2)19-6-3;1-3-9-14(10-4-2)19(17,18)12-7-5-11(6-8-12)13(15)16;1-2-3-4-5-6-7-8-9-10/h13-16H,4-12,17-19H2,1-3H3,(H,23,25);5-8H,3-4,9-10H2,1-2H3,(H,15,16);2-10H2,1H3. The monoisotopic (exact) mass is 839 g/mol. The zero-order valence-electron chi connectivity index (χ0n) is 36.3. The van der Waals surface area contributed by atoms with E-state index in [9.17, 15) is 26.4 Å². The molecule has 0 bridgehead atoms. The molecule has 0 radical (unpaired) electrons. The minimum Gasteiger partial charge on any atom is -0.478 e. The van der Waals surface area contributed by atoms with E-state index in [1.807, 2.05) is 27.7 Å². The number of carboxylic acids is 1. The van der Waals surface area contributed by atoms with Crippen molar-refractivity contribution in [1.29, 1.82) is 0 Å². The van der Waals surface area contributed by atoms with E-state index >= 15 is 0 Å². The van der Waals surface area contributed by atoms with Gasteiger partial charge in [0.2, 0.25) is 20.0 Å². The molecule has 1 amide bonds. The second kappa shape index (κ2) is 33.0. The zero-order valence-corrected chi connectivity index (χ0v) is 37.9. The molecule has 57 heavy (non-hydrogen) atoms. The summed E-state index contributed by atoms with van der Waals surface area (Å²) in [6, 6.07) is 11.6. The first kappa shape index (κ1) is 54.2. The first-order valence-corrected chi connectivity index (χ1v) is 24.6. The molecule has 11 nitrogen and oxygen atoms in total. The van der Waals surface area contributed by atoms with E-state index in [0.717, 1.165) is 45.1 Å². The van der Waals surface area contributed by atoms with E-state index in [-0.39, 0.29) is 21.3 Å². The number of hydrogen-bond acceptors (Lipinski definition) is 7. The lowest BCUT2D eigenvalue weighted by Gasteiger charge is -2.21. The molecule has 0 saturated carbocycles. The fourth-order valence-electron chi connectivity index (χ4n) is 6.04. The Morgan fingerprint density at radius 2 is 0.842 bits per heavy atom. The molecule has 0 aliphatic carbocycles. The van der Waals surface area contributed by atoms with Crippen LogP contribution < -0.4 is 11.1 Å². The van der Waals surface area contributed by atoms with Crippen LogP contribution in [0.3, 0.4) is 0 Å². The van der Waals surface area contributed by atoms with Crippen molar-refractivity contribution in [2.75, 3.05) is 39.3 Å². The second-order valence-electron chi connectivity index (χ2n) is 14.4. The molecule has 0 heterocycles. The predicted molar refractivity (Wildman–Crippen MR) is 236 cm³/mol. The molecule has 2 aromatic carbocycles. The Hall–Kier alpha value is -2.84. The van der Waals surface area contributed by atoms with Gasteiger partial charge in [-0.1, -0.05) is 119 Å². The molecule has 0 aromatic heterocycles. The lowest BCUT2D eigenvalue weighted by Crippen LogP contribution is -2.32. The fraction of sp³-hybridized carbons (Fsp3) is 0.682. The Kier molecular flexibility index (Phi) is 31.4. The van der Waals surface area contributed by atoms with Crippen LogP contribution in [-0.2, 0) is 20.0 Å². The third-order valence-corrected chi connectivity index (χ3v) is 13.1. The zero-order chi connectivity index (χ0) is 43.0. The number of nitrogens with two attached hydrogens (primary N) is 1. The molecule has 13 heteroatoms. The van der Waals surface area contributed by atoms with Crippen LogP contribution in [0.25, 0.3) is 0 Å². The van der Waals surface area contributed by atoms with Crippen LogP contribution in [0.5, 0.6) is 0 Å². The molecule has 0 aliphatic heterocycles. The summed E-state index contributed by atoms with van der Waals surface area (Å²) in [6.07, 6.45) is 21.0. The summed E-state index contributed by atoms with van der Waals surface area (Å²) in [5, 5.41) is 11.7. The van der Waals surface area contributed by atoms with Crippen molar-refractivity contribution < 1.29 is 31.5 Å². The van der Waals surface area contributed by atoms with Crippen molar-refractivity contribution in [3.8, 4) is 0 Å². The Morgan fingerprint density at radius 3 is 1.18 bits per heavy atom. The van der Waals surface area contributed by atoms with Crippen LogP contribution in [0.15, 0.2) is 58.3 Å². The van der Waals surface area contributed by atoms with Gasteiger partial charge in [-0.2, -0.15) is 8.61 Å². The molecule has 4 N–H and O–H groups in total. The number of nitrogens with one attached hydrogen (secondary N) is 1. The fourth-order valence-corrected chi connectivity index (χ4v) is 9.28. The van der Waals surface area contributed by atoms with Gasteiger partial charge in [0.1, 0.15) is 0 Å². The summed E-state index contributed by atoms with van der Waals surface area (Å²) in [4.78, 5) is 23.4. The lowest BCUT2D eigenvalue weighted by molar-refractivity contribution is 0.0696. The number of unbranched alkanes of at least 4 members (excludes halogenated alkanes) is 12. The number of benzene rings is 2. The van der Waals surface area contributed by atoms with E-state index in [0.29, 0.717) is 38.3 Å². The number of rotatable bonds is 29. The Labute approximate surface area is 347 Å². The molecular weight excluding hydrogens is 761 g/mol. The molecule has 2 rings (SSSR count). The molecule has 0 atom stereocenters.